The normalized spacial score (nSPS) is 12.1. The lowest BCUT2D eigenvalue weighted by molar-refractivity contribution is 0.513. The molecule has 0 atom stereocenters. The Labute approximate surface area is 180 Å². The summed E-state index contributed by atoms with van der Waals surface area (Å²) in [6.07, 6.45) is 0. The van der Waals surface area contributed by atoms with Crippen LogP contribution in [-0.4, -0.2) is 8.32 Å². The van der Waals surface area contributed by atoms with Gasteiger partial charge in [0.25, 0.3) is 0 Å². The molecule has 0 aromatic heterocycles. The van der Waals surface area contributed by atoms with Gasteiger partial charge in [-0.3, -0.25) is 0 Å². The molecule has 0 aliphatic rings. The highest BCUT2D eigenvalue weighted by Crippen LogP contribution is 2.39. The third-order valence-corrected chi connectivity index (χ3v) is 10.8. The molecule has 0 fully saturated rings. The number of rotatable bonds is 5. The van der Waals surface area contributed by atoms with E-state index < -0.39 is 8.32 Å². The van der Waals surface area contributed by atoms with Crippen LogP contribution in [0.2, 0.25) is 5.04 Å². The second-order valence-corrected chi connectivity index (χ2v) is 13.0. The molecule has 0 aliphatic heterocycles. The summed E-state index contributed by atoms with van der Waals surface area (Å²) in [5.74, 6) is 0.928. The van der Waals surface area contributed by atoms with E-state index in [2.05, 4.69) is 118 Å². The fraction of sp³-hybridized carbons (Fsp3) is 0.185. The van der Waals surface area contributed by atoms with E-state index in [1.165, 1.54) is 10.4 Å². The molecule has 30 heavy (non-hydrogen) atoms. The van der Waals surface area contributed by atoms with Gasteiger partial charge in [-0.25, -0.2) is 0 Å². The predicted molar refractivity (Wildman–Crippen MR) is 130 cm³/mol. The van der Waals surface area contributed by atoms with E-state index in [9.17, 15) is 0 Å². The minimum Gasteiger partial charge on any atom is -0.534 e. The molecule has 2 N–H and O–H groups in total. The van der Waals surface area contributed by atoms with Gasteiger partial charge in [0.2, 0.25) is 0 Å². The lowest BCUT2D eigenvalue weighted by Crippen LogP contribution is -2.68. The maximum absolute atomic E-state index is 7.25. The number of nitrogens with two attached hydrogens (primary N) is 1. The highest BCUT2D eigenvalue weighted by Gasteiger charge is 2.52. The summed E-state index contributed by atoms with van der Waals surface area (Å²) in [7, 11) is -2.67. The zero-order valence-corrected chi connectivity index (χ0v) is 18.9. The summed E-state index contributed by atoms with van der Waals surface area (Å²) in [5, 5.41) is 4.75. The Kier molecular flexibility index (Phi) is 5.50. The molecule has 3 heteroatoms. The Hall–Kier alpha value is -2.88. The Balaban J connectivity index is 2.00. The van der Waals surface area contributed by atoms with Crippen molar-refractivity contribution in [2.45, 2.75) is 32.4 Å². The zero-order chi connectivity index (χ0) is 21.2. The second kappa shape index (κ2) is 8.09. The van der Waals surface area contributed by atoms with Gasteiger partial charge in [-0.1, -0.05) is 112 Å². The van der Waals surface area contributed by atoms with Gasteiger partial charge in [-0.05, 0) is 32.4 Å². The van der Waals surface area contributed by atoms with Gasteiger partial charge in [0.1, 0.15) is 5.75 Å². The summed E-state index contributed by atoms with van der Waals surface area (Å²) in [5.41, 5.74) is 7.15. The molecule has 2 nitrogen and oxygen atoms in total. The van der Waals surface area contributed by atoms with Crippen molar-refractivity contribution in [3.63, 3.8) is 0 Å². The molecular weight excluding hydrogens is 382 g/mol. The average molecular weight is 412 g/mol. The minimum absolute atomic E-state index is 0.0800. The fourth-order valence-electron chi connectivity index (χ4n) is 4.43. The van der Waals surface area contributed by atoms with Crippen LogP contribution in [0.25, 0.3) is 10.8 Å². The predicted octanol–water partition coefficient (Wildman–Crippen LogP) is 5.24. The summed E-state index contributed by atoms with van der Waals surface area (Å²) < 4.78 is 7.25. The lowest BCUT2D eigenvalue weighted by atomic mass is 10.0. The smallest absolute Gasteiger partial charge is 0.319 e. The van der Waals surface area contributed by atoms with E-state index in [4.69, 9.17) is 10.2 Å². The van der Waals surface area contributed by atoms with Crippen LogP contribution in [0.15, 0.2) is 97.1 Å². The first-order valence-corrected chi connectivity index (χ1v) is 12.4. The van der Waals surface area contributed by atoms with Crippen LogP contribution in [0.1, 0.15) is 26.3 Å². The van der Waals surface area contributed by atoms with Crippen molar-refractivity contribution in [1.82, 2.24) is 0 Å². The summed E-state index contributed by atoms with van der Waals surface area (Å²) in [4.78, 5) is 0. The van der Waals surface area contributed by atoms with Gasteiger partial charge in [-0.15, -0.1) is 0 Å². The van der Waals surface area contributed by atoms with Crippen LogP contribution < -0.4 is 20.5 Å². The van der Waals surface area contributed by atoms with Crippen molar-refractivity contribution in [3.05, 3.63) is 103 Å². The maximum Gasteiger partial charge on any atom is 0.319 e. The van der Waals surface area contributed by atoms with Crippen LogP contribution >= 0.6 is 0 Å². The molecule has 0 radical (unpaired) electrons. The topological polar surface area (TPSA) is 35.2 Å². The second-order valence-electron chi connectivity index (χ2n) is 8.74. The van der Waals surface area contributed by atoms with E-state index in [-0.39, 0.29) is 5.04 Å². The monoisotopic (exact) mass is 411 g/mol. The number of fused-ring (bicyclic) bond motifs is 1. The summed E-state index contributed by atoms with van der Waals surface area (Å²) in [6.45, 7) is 7.42. The fourth-order valence-corrected chi connectivity index (χ4v) is 8.87. The van der Waals surface area contributed by atoms with Crippen LogP contribution in [0, 0.1) is 0 Å². The third-order valence-electron chi connectivity index (χ3n) is 5.87. The molecule has 4 aromatic rings. The number of hydrogen-bond donors (Lipinski definition) is 1. The maximum atomic E-state index is 7.25. The first-order chi connectivity index (χ1) is 14.5. The van der Waals surface area contributed by atoms with Gasteiger partial charge in [0.15, 0.2) is 0 Å². The van der Waals surface area contributed by atoms with Gasteiger partial charge < -0.3 is 10.2 Å². The summed E-state index contributed by atoms with van der Waals surface area (Å²) >= 11 is 0. The van der Waals surface area contributed by atoms with Crippen molar-refractivity contribution < 1.29 is 4.43 Å². The van der Waals surface area contributed by atoms with E-state index in [1.807, 2.05) is 0 Å². The molecule has 0 amide bonds. The standard InChI is InChI=1S/C27H29NOSi/c1-27(2,3)30(22-13-6-4-7-14-22,23-15-8-5-9-16-23)29-26-19-11-17-24-21(20-28)12-10-18-25(24)26/h4-19H,20,28H2,1-3H3. The third kappa shape index (κ3) is 3.45. The van der Waals surface area contributed by atoms with E-state index in [0.29, 0.717) is 6.54 Å². The highest BCUT2D eigenvalue weighted by molar-refractivity contribution is 7.00. The van der Waals surface area contributed by atoms with E-state index >= 15 is 0 Å². The molecule has 0 heterocycles. The molecular formula is C27H29NOSi. The Morgan fingerprint density at radius 2 is 1.20 bits per heavy atom. The molecule has 0 unspecified atom stereocenters. The molecule has 0 saturated heterocycles. The van der Waals surface area contributed by atoms with Crippen LogP contribution in [0.5, 0.6) is 5.75 Å². The van der Waals surface area contributed by atoms with Crippen molar-refractivity contribution in [2.24, 2.45) is 5.73 Å². The van der Waals surface area contributed by atoms with Crippen LogP contribution in [0.4, 0.5) is 0 Å². The Bertz CT molecular complexity index is 1090. The molecule has 4 aromatic carbocycles. The van der Waals surface area contributed by atoms with E-state index in [0.717, 1.165) is 22.1 Å². The van der Waals surface area contributed by atoms with Gasteiger partial charge in [0, 0.05) is 11.9 Å². The molecule has 0 bridgehead atoms. The number of hydrogen-bond acceptors (Lipinski definition) is 2. The molecule has 152 valence electrons. The van der Waals surface area contributed by atoms with Crippen LogP contribution in [0.3, 0.4) is 0 Å². The zero-order valence-electron chi connectivity index (χ0n) is 17.9. The number of benzene rings is 4. The van der Waals surface area contributed by atoms with E-state index in [1.54, 1.807) is 0 Å². The SMILES string of the molecule is CC(C)(C)[Si](Oc1cccc2c(CN)cccc12)(c1ccccc1)c1ccccc1. The van der Waals surface area contributed by atoms with Gasteiger partial charge in [0.05, 0.1) is 0 Å². The quantitative estimate of drug-likeness (QED) is 0.456. The van der Waals surface area contributed by atoms with Crippen LogP contribution in [-0.2, 0) is 6.54 Å². The van der Waals surface area contributed by atoms with Gasteiger partial charge >= 0.3 is 8.32 Å². The van der Waals surface area contributed by atoms with Crippen molar-refractivity contribution in [2.75, 3.05) is 0 Å². The Morgan fingerprint density at radius 3 is 1.73 bits per heavy atom. The summed E-state index contributed by atoms with van der Waals surface area (Å²) in [6, 6.07) is 34.1. The first kappa shape index (κ1) is 20.4. The molecule has 0 aliphatic carbocycles. The first-order valence-electron chi connectivity index (χ1n) is 10.5. The highest BCUT2D eigenvalue weighted by atomic mass is 28.4. The minimum atomic E-state index is -2.67. The molecule has 0 saturated carbocycles. The molecule has 4 rings (SSSR count). The largest absolute Gasteiger partial charge is 0.534 e. The van der Waals surface area contributed by atoms with Crippen molar-refractivity contribution >= 4 is 29.5 Å². The van der Waals surface area contributed by atoms with Gasteiger partial charge in [-0.2, -0.15) is 0 Å². The van der Waals surface area contributed by atoms with Crippen molar-refractivity contribution in [1.29, 1.82) is 0 Å². The van der Waals surface area contributed by atoms with Crippen molar-refractivity contribution in [3.8, 4) is 5.75 Å². The lowest BCUT2D eigenvalue weighted by Gasteiger charge is -2.43. The molecule has 0 spiro atoms. The average Bonchev–Trinajstić information content (AvgIpc) is 2.77. The Morgan fingerprint density at radius 1 is 0.667 bits per heavy atom.